The first kappa shape index (κ1) is 35.0. The average Bonchev–Trinajstić information content (AvgIpc) is 2.90. The molecule has 0 aromatic heterocycles. The Hall–Kier alpha value is -2.44. The van der Waals surface area contributed by atoms with Gasteiger partial charge in [-0.1, -0.05) is 26.7 Å². The topological polar surface area (TPSA) is 117 Å². The van der Waals surface area contributed by atoms with Gasteiger partial charge in [-0.05, 0) is 88.3 Å². The van der Waals surface area contributed by atoms with Gasteiger partial charge in [0.25, 0.3) is 5.91 Å². The Balaban J connectivity index is 1.85. The van der Waals surface area contributed by atoms with Crippen LogP contribution in [-0.4, -0.2) is 63.2 Å². The second-order valence-corrected chi connectivity index (χ2v) is 14.7. The van der Waals surface area contributed by atoms with Gasteiger partial charge in [0.15, 0.2) is 0 Å². The average molecular weight is 625 g/mol. The highest BCUT2D eigenvalue weighted by Gasteiger charge is 2.29. The zero-order valence-corrected chi connectivity index (χ0v) is 26.9. The third kappa shape index (κ3) is 10.9. The molecule has 1 heterocycles. The van der Waals surface area contributed by atoms with Gasteiger partial charge in [-0.25, -0.2) is 8.78 Å². The predicted molar refractivity (Wildman–Crippen MR) is 173 cm³/mol. The van der Waals surface area contributed by atoms with Crippen LogP contribution in [0, 0.1) is 17.6 Å². The van der Waals surface area contributed by atoms with E-state index in [1.54, 1.807) is 22.5 Å². The summed E-state index contributed by atoms with van der Waals surface area (Å²) in [5.74, 6) is -1.10. The van der Waals surface area contributed by atoms with Crippen molar-refractivity contribution >= 4 is 28.1 Å². The lowest BCUT2D eigenvalue weighted by Gasteiger charge is -2.47. The minimum atomic E-state index is -3.01. The number of carbonyl (C=O) groups is 1. The van der Waals surface area contributed by atoms with Crippen LogP contribution in [0.5, 0.6) is 0 Å². The molecule has 3 rings (SSSR count). The summed E-state index contributed by atoms with van der Waals surface area (Å²) in [6.07, 6.45) is 3.47. The lowest BCUT2D eigenvalue weighted by molar-refractivity contribution is 0.0811. The zero-order chi connectivity index (χ0) is 31.8. The van der Waals surface area contributed by atoms with Crippen LogP contribution in [0.3, 0.4) is 0 Å². The summed E-state index contributed by atoms with van der Waals surface area (Å²) < 4.78 is 51.1. The second-order valence-electron chi connectivity index (χ2n) is 12.6. The van der Waals surface area contributed by atoms with E-state index in [1.807, 2.05) is 6.92 Å². The fourth-order valence-electron chi connectivity index (χ4n) is 5.38. The molecule has 1 aliphatic heterocycles. The van der Waals surface area contributed by atoms with Crippen LogP contribution in [-0.2, 0) is 6.42 Å². The van der Waals surface area contributed by atoms with Gasteiger partial charge in [-0.3, -0.25) is 18.2 Å². The molecule has 1 amide bonds. The van der Waals surface area contributed by atoms with E-state index in [0.717, 1.165) is 31.7 Å². The number of hydrogen-bond acceptors (Lipinski definition) is 7. The molecule has 2 unspecified atom stereocenters. The molecular formula is C32H50F2N4O4S. The van der Waals surface area contributed by atoms with Crippen LogP contribution in [0.25, 0.3) is 0 Å². The number of aliphatic hydroxyl groups excluding tert-OH is 1. The van der Waals surface area contributed by atoms with E-state index < -0.39 is 40.5 Å². The third-order valence-electron chi connectivity index (χ3n) is 7.76. The maximum atomic E-state index is 14.0. The maximum Gasteiger partial charge on any atom is 0.251 e. The SMILES string of the molecule is CCNc1cc(C(=O)NC(Cc2cc(F)cc(F)c2)C(O)CNC(C)(C)CCCC(C)C)cc(N2CCCCS2(O)O)c1. The largest absolute Gasteiger partial charge is 0.390 e. The molecular weight excluding hydrogens is 574 g/mol. The Kier molecular flexibility index (Phi) is 12.6. The van der Waals surface area contributed by atoms with E-state index in [9.17, 15) is 27.8 Å². The van der Waals surface area contributed by atoms with E-state index in [-0.39, 0.29) is 29.8 Å². The molecule has 43 heavy (non-hydrogen) atoms. The molecule has 2 aromatic carbocycles. The van der Waals surface area contributed by atoms with E-state index in [1.165, 1.54) is 12.1 Å². The molecule has 2 aromatic rings. The first-order valence-electron chi connectivity index (χ1n) is 15.3. The molecule has 0 saturated carbocycles. The van der Waals surface area contributed by atoms with Gasteiger partial charge in [0.1, 0.15) is 11.6 Å². The number of anilines is 2. The highest BCUT2D eigenvalue weighted by atomic mass is 32.3. The Bertz CT molecular complexity index is 1190. The normalized spacial score (nSPS) is 17.4. The number of nitrogens with one attached hydrogen (secondary N) is 3. The van der Waals surface area contributed by atoms with Gasteiger partial charge < -0.3 is 21.1 Å². The predicted octanol–water partition coefficient (Wildman–Crippen LogP) is 6.56. The number of nitrogens with zero attached hydrogens (tertiary/aromatic N) is 1. The van der Waals surface area contributed by atoms with E-state index in [0.29, 0.717) is 42.4 Å². The minimum Gasteiger partial charge on any atom is -0.390 e. The number of aliphatic hydroxyl groups is 1. The van der Waals surface area contributed by atoms with Crippen LogP contribution >= 0.6 is 10.8 Å². The summed E-state index contributed by atoms with van der Waals surface area (Å²) in [7, 11) is -3.01. The van der Waals surface area contributed by atoms with Crippen LogP contribution < -0.4 is 20.3 Å². The fraction of sp³-hybridized carbons (Fsp3) is 0.594. The van der Waals surface area contributed by atoms with Crippen molar-refractivity contribution in [2.24, 2.45) is 5.92 Å². The van der Waals surface area contributed by atoms with Gasteiger partial charge in [-0.2, -0.15) is 0 Å². The molecule has 0 bridgehead atoms. The van der Waals surface area contributed by atoms with Crippen molar-refractivity contribution in [3.63, 3.8) is 0 Å². The molecule has 6 N–H and O–H groups in total. The molecule has 2 atom stereocenters. The van der Waals surface area contributed by atoms with Gasteiger partial charge >= 0.3 is 0 Å². The van der Waals surface area contributed by atoms with Crippen molar-refractivity contribution < 1.29 is 27.8 Å². The first-order valence-corrected chi connectivity index (χ1v) is 17.0. The van der Waals surface area contributed by atoms with E-state index in [4.69, 9.17) is 0 Å². The smallest absolute Gasteiger partial charge is 0.251 e. The molecule has 8 nitrogen and oxygen atoms in total. The maximum absolute atomic E-state index is 14.0. The van der Waals surface area contributed by atoms with Crippen molar-refractivity contribution in [1.82, 2.24) is 10.6 Å². The molecule has 242 valence electrons. The van der Waals surface area contributed by atoms with Crippen molar-refractivity contribution in [3.05, 3.63) is 59.2 Å². The van der Waals surface area contributed by atoms with Gasteiger partial charge in [0, 0.05) is 42.5 Å². The molecule has 1 fully saturated rings. The Morgan fingerprint density at radius 3 is 2.40 bits per heavy atom. The number of β-amino-alcohol motifs (C(OH)–C–C–N with tert-alkyl or cyclic N) is 1. The standard InChI is InChI=1S/C32H50F2N4O4S/c1-6-35-27-17-24(18-28(20-27)38-12-7-8-13-43(38,41)42)31(40)37-29(16-23-14-25(33)19-26(34)15-23)30(39)21-36-32(4,5)11-9-10-22(2)3/h14-15,17-20,22,29-30,35-36,39,41-42H,6-13,16,21H2,1-5H3,(H,37,40). The summed E-state index contributed by atoms with van der Waals surface area (Å²) in [5, 5.41) is 20.8. The Morgan fingerprint density at radius 1 is 1.07 bits per heavy atom. The first-order chi connectivity index (χ1) is 20.2. The number of rotatable bonds is 15. The van der Waals surface area contributed by atoms with Gasteiger partial charge in [-0.15, -0.1) is 10.8 Å². The molecule has 1 saturated heterocycles. The molecule has 1 aliphatic rings. The number of carbonyl (C=O) groups excluding carboxylic acids is 1. The second kappa shape index (κ2) is 15.5. The van der Waals surface area contributed by atoms with Crippen molar-refractivity contribution in [2.75, 3.05) is 35.0 Å². The zero-order valence-electron chi connectivity index (χ0n) is 26.1. The Labute approximate surface area is 257 Å². The molecule has 11 heteroatoms. The Morgan fingerprint density at radius 2 is 1.77 bits per heavy atom. The lowest BCUT2D eigenvalue weighted by atomic mass is 9.93. The van der Waals surface area contributed by atoms with Gasteiger partial charge in [0.2, 0.25) is 0 Å². The quantitative estimate of drug-likeness (QED) is 0.133. The highest BCUT2D eigenvalue weighted by Crippen LogP contribution is 2.50. The molecule has 0 radical (unpaired) electrons. The van der Waals surface area contributed by atoms with Crippen LogP contribution in [0.1, 0.15) is 82.6 Å². The molecule has 0 spiro atoms. The number of amides is 1. The minimum absolute atomic E-state index is 0.00344. The lowest BCUT2D eigenvalue weighted by Crippen LogP contribution is -2.52. The van der Waals surface area contributed by atoms with Crippen LogP contribution in [0.15, 0.2) is 36.4 Å². The third-order valence-corrected chi connectivity index (χ3v) is 9.70. The summed E-state index contributed by atoms with van der Waals surface area (Å²) in [6.45, 7) is 11.6. The summed E-state index contributed by atoms with van der Waals surface area (Å²) in [4.78, 5) is 13.7. The fourth-order valence-corrected chi connectivity index (χ4v) is 7.06. The summed E-state index contributed by atoms with van der Waals surface area (Å²) >= 11 is 0. The number of benzene rings is 2. The highest BCUT2D eigenvalue weighted by molar-refractivity contribution is 8.25. The van der Waals surface area contributed by atoms with Crippen molar-refractivity contribution in [1.29, 1.82) is 0 Å². The summed E-state index contributed by atoms with van der Waals surface area (Å²) in [5.41, 5.74) is 1.46. The van der Waals surface area contributed by atoms with Crippen LogP contribution in [0.2, 0.25) is 0 Å². The van der Waals surface area contributed by atoms with Crippen molar-refractivity contribution in [2.45, 2.75) is 90.8 Å². The van der Waals surface area contributed by atoms with Crippen molar-refractivity contribution in [3.8, 4) is 0 Å². The summed E-state index contributed by atoms with van der Waals surface area (Å²) in [6, 6.07) is 7.37. The molecule has 0 aliphatic carbocycles. The van der Waals surface area contributed by atoms with Gasteiger partial charge in [0.05, 0.1) is 23.6 Å². The number of hydrogen-bond donors (Lipinski definition) is 6. The monoisotopic (exact) mass is 624 g/mol. The van der Waals surface area contributed by atoms with E-state index >= 15 is 0 Å². The number of halogens is 2. The van der Waals surface area contributed by atoms with Crippen LogP contribution in [0.4, 0.5) is 20.2 Å². The van der Waals surface area contributed by atoms with E-state index in [2.05, 4.69) is 43.6 Å².